The molecule has 0 aliphatic carbocycles. The highest BCUT2D eigenvalue weighted by Crippen LogP contribution is 2.31. The molecule has 2 heterocycles. The van der Waals surface area contributed by atoms with Crippen molar-refractivity contribution in [1.29, 1.82) is 0 Å². The van der Waals surface area contributed by atoms with E-state index >= 15 is 0 Å². The van der Waals surface area contributed by atoms with Gasteiger partial charge in [0.1, 0.15) is 6.61 Å². The summed E-state index contributed by atoms with van der Waals surface area (Å²) in [5.74, 6) is -0.313. The van der Waals surface area contributed by atoms with Crippen LogP contribution in [-0.2, 0) is 20.9 Å². The Labute approximate surface area is 151 Å². The Bertz CT molecular complexity index is 786. The summed E-state index contributed by atoms with van der Waals surface area (Å²) in [5, 5.41) is 4.97. The molecule has 1 saturated heterocycles. The van der Waals surface area contributed by atoms with Crippen LogP contribution < -0.4 is 5.32 Å². The second-order valence-corrected chi connectivity index (χ2v) is 7.28. The standard InChI is InChI=1S/C19H22N2O3S/c1-12-6-4-5-7-14(12)17-18(24-11-16(22)21(17)3)19(23)20-10-15-13(2)8-9-25-15/h4-9,17-18H,10-11H2,1-3H3,(H,20,23)/t17-,18+/m1/s1. The van der Waals surface area contributed by atoms with Gasteiger partial charge in [0.25, 0.3) is 5.91 Å². The predicted molar refractivity (Wildman–Crippen MR) is 97.3 cm³/mol. The van der Waals surface area contributed by atoms with Gasteiger partial charge in [0.05, 0.1) is 12.6 Å². The van der Waals surface area contributed by atoms with Crippen molar-refractivity contribution in [3.05, 3.63) is 57.3 Å². The molecule has 6 heteroatoms. The first-order valence-corrected chi connectivity index (χ1v) is 9.10. The fourth-order valence-electron chi connectivity index (χ4n) is 3.07. The van der Waals surface area contributed by atoms with Gasteiger partial charge in [-0.1, -0.05) is 24.3 Å². The zero-order valence-corrected chi connectivity index (χ0v) is 15.4. The maximum Gasteiger partial charge on any atom is 0.251 e. The summed E-state index contributed by atoms with van der Waals surface area (Å²) in [7, 11) is 1.73. The van der Waals surface area contributed by atoms with E-state index in [0.29, 0.717) is 6.54 Å². The highest BCUT2D eigenvalue weighted by Gasteiger charge is 2.40. The summed E-state index contributed by atoms with van der Waals surface area (Å²) in [4.78, 5) is 27.6. The highest BCUT2D eigenvalue weighted by atomic mass is 32.1. The van der Waals surface area contributed by atoms with E-state index in [4.69, 9.17) is 4.74 Å². The number of morpholine rings is 1. The van der Waals surface area contributed by atoms with Crippen LogP contribution in [0.25, 0.3) is 0 Å². The van der Waals surface area contributed by atoms with E-state index in [1.807, 2.05) is 49.6 Å². The van der Waals surface area contributed by atoms with Crippen LogP contribution >= 0.6 is 11.3 Å². The lowest BCUT2D eigenvalue weighted by Gasteiger charge is -2.38. The van der Waals surface area contributed by atoms with Gasteiger partial charge in [0.15, 0.2) is 6.10 Å². The van der Waals surface area contributed by atoms with E-state index in [0.717, 1.165) is 21.6 Å². The third kappa shape index (κ3) is 3.60. The SMILES string of the molecule is Cc1ccccc1[C@@H]1[C@@H](C(=O)NCc2sccc2C)OCC(=O)N1C. The van der Waals surface area contributed by atoms with Crippen LogP contribution in [0.1, 0.15) is 27.6 Å². The quantitative estimate of drug-likeness (QED) is 0.914. The van der Waals surface area contributed by atoms with E-state index in [2.05, 4.69) is 5.32 Å². The number of rotatable bonds is 4. The molecule has 1 aliphatic rings. The molecule has 0 unspecified atom stereocenters. The Morgan fingerprint density at radius 2 is 2.04 bits per heavy atom. The fourth-order valence-corrected chi connectivity index (χ4v) is 3.92. The highest BCUT2D eigenvalue weighted by molar-refractivity contribution is 7.10. The number of amides is 2. The first-order chi connectivity index (χ1) is 12.0. The molecule has 1 aliphatic heterocycles. The normalized spacial score (nSPS) is 20.6. The van der Waals surface area contributed by atoms with Crippen molar-refractivity contribution in [3.8, 4) is 0 Å². The summed E-state index contributed by atoms with van der Waals surface area (Å²) in [5.41, 5.74) is 3.13. The summed E-state index contributed by atoms with van der Waals surface area (Å²) < 4.78 is 5.64. The minimum atomic E-state index is -0.718. The molecule has 1 N–H and O–H groups in total. The molecule has 132 valence electrons. The second kappa shape index (κ2) is 7.37. The van der Waals surface area contributed by atoms with Crippen LogP contribution in [0.15, 0.2) is 35.7 Å². The molecule has 1 aromatic heterocycles. The Morgan fingerprint density at radius 1 is 1.28 bits per heavy atom. The number of ether oxygens (including phenoxy) is 1. The van der Waals surface area contributed by atoms with E-state index < -0.39 is 12.1 Å². The smallest absolute Gasteiger partial charge is 0.251 e. The number of benzene rings is 1. The van der Waals surface area contributed by atoms with Gasteiger partial charge in [-0.2, -0.15) is 0 Å². The average molecular weight is 358 g/mol. The number of hydrogen-bond acceptors (Lipinski definition) is 4. The summed E-state index contributed by atoms with van der Waals surface area (Å²) in [6.07, 6.45) is -0.718. The van der Waals surface area contributed by atoms with Gasteiger partial charge in [-0.3, -0.25) is 9.59 Å². The summed E-state index contributed by atoms with van der Waals surface area (Å²) >= 11 is 1.62. The minimum absolute atomic E-state index is 0.0744. The lowest BCUT2D eigenvalue weighted by atomic mass is 9.94. The van der Waals surface area contributed by atoms with E-state index in [1.54, 1.807) is 23.3 Å². The summed E-state index contributed by atoms with van der Waals surface area (Å²) in [6.45, 7) is 4.40. The van der Waals surface area contributed by atoms with Gasteiger partial charge in [0, 0.05) is 11.9 Å². The number of carbonyl (C=O) groups excluding carboxylic acids is 2. The van der Waals surface area contributed by atoms with Crippen molar-refractivity contribution in [3.63, 3.8) is 0 Å². The number of thiophene rings is 1. The number of aryl methyl sites for hydroxylation is 2. The molecule has 0 radical (unpaired) electrons. The zero-order valence-electron chi connectivity index (χ0n) is 14.6. The second-order valence-electron chi connectivity index (χ2n) is 6.28. The number of likely N-dealkylation sites (N-methyl/N-ethyl adjacent to an activating group) is 1. The fraction of sp³-hybridized carbons (Fsp3) is 0.368. The molecule has 2 amide bonds. The third-order valence-electron chi connectivity index (χ3n) is 4.64. The molecule has 2 aromatic rings. The molecule has 3 rings (SSSR count). The topological polar surface area (TPSA) is 58.6 Å². The average Bonchev–Trinajstić information content (AvgIpc) is 3.01. The third-order valence-corrected chi connectivity index (χ3v) is 5.66. The lowest BCUT2D eigenvalue weighted by molar-refractivity contribution is -0.162. The molecule has 1 aromatic carbocycles. The van der Waals surface area contributed by atoms with Gasteiger partial charge >= 0.3 is 0 Å². The molecule has 0 bridgehead atoms. The van der Waals surface area contributed by atoms with E-state index in [1.165, 1.54) is 0 Å². The Kier molecular flexibility index (Phi) is 5.20. The first-order valence-electron chi connectivity index (χ1n) is 8.22. The Balaban J connectivity index is 1.82. The number of nitrogens with zero attached hydrogens (tertiary/aromatic N) is 1. The van der Waals surface area contributed by atoms with Crippen LogP contribution in [0, 0.1) is 13.8 Å². The molecular weight excluding hydrogens is 336 g/mol. The Hall–Kier alpha value is -2.18. The van der Waals surface area contributed by atoms with Crippen LogP contribution in [0.3, 0.4) is 0 Å². The molecule has 0 saturated carbocycles. The van der Waals surface area contributed by atoms with Gasteiger partial charge in [-0.05, 0) is 42.0 Å². The van der Waals surface area contributed by atoms with Crippen LogP contribution in [0.5, 0.6) is 0 Å². The maximum absolute atomic E-state index is 12.8. The van der Waals surface area contributed by atoms with Crippen molar-refractivity contribution in [2.24, 2.45) is 0 Å². The van der Waals surface area contributed by atoms with Crippen LogP contribution in [0.2, 0.25) is 0 Å². The van der Waals surface area contributed by atoms with Crippen molar-refractivity contribution in [2.75, 3.05) is 13.7 Å². The molecule has 0 spiro atoms. The lowest BCUT2D eigenvalue weighted by Crippen LogP contribution is -2.53. The van der Waals surface area contributed by atoms with Crippen LogP contribution in [0.4, 0.5) is 0 Å². The van der Waals surface area contributed by atoms with Crippen molar-refractivity contribution in [2.45, 2.75) is 32.5 Å². The maximum atomic E-state index is 12.8. The van der Waals surface area contributed by atoms with E-state index in [-0.39, 0.29) is 18.4 Å². The van der Waals surface area contributed by atoms with Gasteiger partial charge < -0.3 is 15.0 Å². The van der Waals surface area contributed by atoms with Crippen molar-refractivity contribution in [1.82, 2.24) is 10.2 Å². The first kappa shape index (κ1) is 17.6. The Morgan fingerprint density at radius 3 is 2.72 bits per heavy atom. The number of nitrogens with one attached hydrogen (secondary N) is 1. The number of hydrogen-bond donors (Lipinski definition) is 1. The molecule has 2 atom stereocenters. The van der Waals surface area contributed by atoms with Gasteiger partial charge in [-0.15, -0.1) is 11.3 Å². The van der Waals surface area contributed by atoms with Gasteiger partial charge in [-0.25, -0.2) is 0 Å². The monoisotopic (exact) mass is 358 g/mol. The minimum Gasteiger partial charge on any atom is -0.356 e. The molecule has 5 nitrogen and oxygen atoms in total. The molecular formula is C19H22N2O3S. The summed E-state index contributed by atoms with van der Waals surface area (Å²) in [6, 6.07) is 9.39. The van der Waals surface area contributed by atoms with Crippen molar-refractivity contribution >= 4 is 23.2 Å². The van der Waals surface area contributed by atoms with E-state index in [9.17, 15) is 9.59 Å². The predicted octanol–water partition coefficient (Wildman–Crippen LogP) is 2.58. The molecule has 1 fully saturated rings. The van der Waals surface area contributed by atoms with Gasteiger partial charge in [0.2, 0.25) is 5.91 Å². The zero-order chi connectivity index (χ0) is 18.0. The number of carbonyl (C=O) groups is 2. The van der Waals surface area contributed by atoms with Crippen molar-refractivity contribution < 1.29 is 14.3 Å². The van der Waals surface area contributed by atoms with Crippen LogP contribution in [-0.4, -0.2) is 36.5 Å². The largest absolute Gasteiger partial charge is 0.356 e. The molecule has 25 heavy (non-hydrogen) atoms.